The highest BCUT2D eigenvalue weighted by molar-refractivity contribution is 6.00. The number of phenolic OH excluding ortho intramolecular Hbond substituents is 1. The Hall–Kier alpha value is -4.06. The van der Waals surface area contributed by atoms with Crippen LogP contribution in [0.15, 0.2) is 84.1 Å². The normalized spacial score (nSPS) is 11.0. The average molecular weight is 384 g/mol. The monoisotopic (exact) mass is 384 g/mol. The van der Waals surface area contributed by atoms with E-state index >= 15 is 0 Å². The lowest BCUT2D eigenvalue weighted by Gasteiger charge is -2.08. The van der Waals surface area contributed by atoms with Gasteiger partial charge in [-0.2, -0.15) is 5.10 Å². The summed E-state index contributed by atoms with van der Waals surface area (Å²) in [6.45, 7) is 0.493. The molecule has 0 radical (unpaired) electrons. The van der Waals surface area contributed by atoms with Crippen molar-refractivity contribution in [3.8, 4) is 5.75 Å². The van der Waals surface area contributed by atoms with Crippen LogP contribution in [0, 0.1) is 0 Å². The standard InChI is InChI=1S/C23H20N4O2/c28-22-8-4-1-5-17(22)13-24-19-11-9-16(10-12-19)23(29)27-26-15-18-14-25-21-7-3-2-6-20(18)21/h1-12,14-15,24-25,28H,13H2,(H,27,29)/b26-15-. The van der Waals surface area contributed by atoms with Gasteiger partial charge in [-0.3, -0.25) is 4.79 Å². The number of aromatic amines is 1. The van der Waals surface area contributed by atoms with Crippen molar-refractivity contribution in [2.45, 2.75) is 6.54 Å². The largest absolute Gasteiger partial charge is 0.508 e. The first-order valence-corrected chi connectivity index (χ1v) is 9.21. The fourth-order valence-corrected chi connectivity index (χ4v) is 3.02. The topological polar surface area (TPSA) is 89.5 Å². The van der Waals surface area contributed by atoms with Crippen LogP contribution in [0.25, 0.3) is 10.9 Å². The van der Waals surface area contributed by atoms with Gasteiger partial charge in [-0.05, 0) is 36.4 Å². The number of hydrazone groups is 1. The molecule has 6 heteroatoms. The van der Waals surface area contributed by atoms with Crippen molar-refractivity contribution in [2.75, 3.05) is 5.32 Å². The number of aromatic nitrogens is 1. The van der Waals surface area contributed by atoms with E-state index in [2.05, 4.69) is 20.8 Å². The van der Waals surface area contributed by atoms with Crippen LogP contribution < -0.4 is 10.7 Å². The highest BCUT2D eigenvalue weighted by Gasteiger charge is 2.05. The number of carbonyl (C=O) groups is 1. The molecule has 1 aromatic heterocycles. The third-order valence-electron chi connectivity index (χ3n) is 4.61. The smallest absolute Gasteiger partial charge is 0.271 e. The van der Waals surface area contributed by atoms with Gasteiger partial charge in [0.2, 0.25) is 0 Å². The lowest BCUT2D eigenvalue weighted by molar-refractivity contribution is 0.0955. The van der Waals surface area contributed by atoms with Gasteiger partial charge >= 0.3 is 0 Å². The number of rotatable bonds is 6. The molecule has 29 heavy (non-hydrogen) atoms. The van der Waals surface area contributed by atoms with Crippen molar-refractivity contribution in [3.05, 3.63) is 95.7 Å². The van der Waals surface area contributed by atoms with Gasteiger partial charge in [-0.25, -0.2) is 5.43 Å². The number of carbonyl (C=O) groups excluding carboxylic acids is 1. The molecule has 6 nitrogen and oxygen atoms in total. The van der Waals surface area contributed by atoms with E-state index in [9.17, 15) is 9.90 Å². The Balaban J connectivity index is 1.35. The highest BCUT2D eigenvalue weighted by atomic mass is 16.3. The number of aromatic hydroxyl groups is 1. The second-order valence-electron chi connectivity index (χ2n) is 6.55. The molecule has 0 spiro atoms. The number of para-hydroxylation sites is 2. The number of anilines is 1. The number of nitrogens with zero attached hydrogens (tertiary/aromatic N) is 1. The lowest BCUT2D eigenvalue weighted by atomic mass is 10.1. The Kier molecular flexibility index (Phi) is 5.25. The molecular formula is C23H20N4O2. The molecular weight excluding hydrogens is 364 g/mol. The van der Waals surface area contributed by atoms with E-state index in [4.69, 9.17) is 0 Å². The minimum absolute atomic E-state index is 0.254. The van der Waals surface area contributed by atoms with Gasteiger partial charge in [0.05, 0.1) is 6.21 Å². The summed E-state index contributed by atoms with van der Waals surface area (Å²) in [5, 5.41) is 18.1. The Morgan fingerprint density at radius 3 is 2.59 bits per heavy atom. The zero-order valence-corrected chi connectivity index (χ0v) is 15.6. The molecule has 144 valence electrons. The number of H-pyrrole nitrogens is 1. The summed E-state index contributed by atoms with van der Waals surface area (Å²) in [5.74, 6) is -0.0302. The number of benzene rings is 3. The van der Waals surface area contributed by atoms with Gasteiger partial charge in [0.15, 0.2) is 0 Å². The maximum absolute atomic E-state index is 12.3. The van der Waals surface area contributed by atoms with Gasteiger partial charge in [-0.1, -0.05) is 36.4 Å². The molecule has 1 heterocycles. The van der Waals surface area contributed by atoms with Crippen LogP contribution in [-0.4, -0.2) is 22.2 Å². The van der Waals surface area contributed by atoms with E-state index in [1.165, 1.54) is 0 Å². The van der Waals surface area contributed by atoms with E-state index < -0.39 is 0 Å². The second kappa shape index (κ2) is 8.31. The molecule has 4 N–H and O–H groups in total. The fraction of sp³-hybridized carbons (Fsp3) is 0.0435. The zero-order chi connectivity index (χ0) is 20.1. The molecule has 0 unspecified atom stereocenters. The van der Waals surface area contributed by atoms with Crippen molar-refractivity contribution in [1.29, 1.82) is 0 Å². The molecule has 3 aromatic carbocycles. The van der Waals surface area contributed by atoms with Crippen LogP contribution in [0.5, 0.6) is 5.75 Å². The molecule has 0 aliphatic rings. The molecule has 0 aliphatic heterocycles. The summed E-state index contributed by atoms with van der Waals surface area (Å²) < 4.78 is 0. The fourth-order valence-electron chi connectivity index (χ4n) is 3.02. The van der Waals surface area contributed by atoms with Crippen molar-refractivity contribution in [2.24, 2.45) is 5.10 Å². The highest BCUT2D eigenvalue weighted by Crippen LogP contribution is 2.18. The van der Waals surface area contributed by atoms with Crippen molar-refractivity contribution in [1.82, 2.24) is 10.4 Å². The molecule has 0 fully saturated rings. The summed E-state index contributed by atoms with van der Waals surface area (Å²) >= 11 is 0. The zero-order valence-electron chi connectivity index (χ0n) is 15.6. The van der Waals surface area contributed by atoms with E-state index in [0.717, 1.165) is 27.7 Å². The van der Waals surface area contributed by atoms with Crippen molar-refractivity contribution >= 4 is 28.7 Å². The van der Waals surface area contributed by atoms with Gasteiger partial charge < -0.3 is 15.4 Å². The van der Waals surface area contributed by atoms with Gasteiger partial charge in [0.1, 0.15) is 5.75 Å². The Labute approximate surface area is 167 Å². The molecule has 4 aromatic rings. The third-order valence-corrected chi connectivity index (χ3v) is 4.61. The van der Waals surface area contributed by atoms with E-state index in [1.54, 1.807) is 30.5 Å². The number of fused-ring (bicyclic) bond motifs is 1. The maximum atomic E-state index is 12.3. The Morgan fingerprint density at radius 1 is 1.00 bits per heavy atom. The summed E-state index contributed by atoms with van der Waals surface area (Å²) in [4.78, 5) is 15.5. The summed E-state index contributed by atoms with van der Waals surface area (Å²) in [5.41, 5.74) is 6.65. The first-order chi connectivity index (χ1) is 14.2. The SMILES string of the molecule is O=C(N/N=C\c1c[nH]c2ccccc12)c1ccc(NCc2ccccc2O)cc1. The second-order valence-corrected chi connectivity index (χ2v) is 6.55. The number of nitrogens with one attached hydrogen (secondary N) is 3. The van der Waals surface area contributed by atoms with Crippen LogP contribution in [0.4, 0.5) is 5.69 Å². The van der Waals surface area contributed by atoms with Crippen molar-refractivity contribution in [3.63, 3.8) is 0 Å². The minimum atomic E-state index is -0.284. The number of amides is 1. The van der Waals surface area contributed by atoms with E-state index in [1.807, 2.05) is 54.7 Å². The lowest BCUT2D eigenvalue weighted by Crippen LogP contribution is -2.17. The third kappa shape index (κ3) is 4.27. The molecule has 0 aliphatic carbocycles. The quantitative estimate of drug-likeness (QED) is 0.296. The average Bonchev–Trinajstić information content (AvgIpc) is 3.17. The van der Waals surface area contributed by atoms with E-state index in [0.29, 0.717) is 12.1 Å². The Morgan fingerprint density at radius 2 is 1.76 bits per heavy atom. The first-order valence-electron chi connectivity index (χ1n) is 9.21. The molecule has 4 rings (SSSR count). The van der Waals surface area contributed by atoms with Crippen LogP contribution in [0.3, 0.4) is 0 Å². The summed E-state index contributed by atoms with van der Waals surface area (Å²) in [7, 11) is 0. The first kappa shape index (κ1) is 18.3. The molecule has 1 amide bonds. The molecule has 0 saturated heterocycles. The summed E-state index contributed by atoms with van der Waals surface area (Å²) in [6, 6.07) is 22.2. The Bertz CT molecular complexity index is 1160. The predicted octanol–water partition coefficient (Wildman–Crippen LogP) is 4.25. The van der Waals surface area contributed by atoms with Crippen molar-refractivity contribution < 1.29 is 9.90 Å². The van der Waals surface area contributed by atoms with Crippen LogP contribution in [0.2, 0.25) is 0 Å². The van der Waals surface area contributed by atoms with Gasteiger partial charge in [-0.15, -0.1) is 0 Å². The van der Waals surface area contributed by atoms with E-state index in [-0.39, 0.29) is 11.7 Å². The van der Waals surface area contributed by atoms with Crippen LogP contribution in [-0.2, 0) is 6.54 Å². The minimum Gasteiger partial charge on any atom is -0.508 e. The number of phenols is 1. The number of hydrogen-bond donors (Lipinski definition) is 4. The van der Waals surface area contributed by atoms with Crippen LogP contribution in [0.1, 0.15) is 21.5 Å². The van der Waals surface area contributed by atoms with Gasteiger partial charge in [0, 0.05) is 46.0 Å². The molecule has 0 atom stereocenters. The maximum Gasteiger partial charge on any atom is 0.271 e. The van der Waals surface area contributed by atoms with Gasteiger partial charge in [0.25, 0.3) is 5.91 Å². The number of hydrogen-bond acceptors (Lipinski definition) is 4. The molecule has 0 bridgehead atoms. The molecule has 0 saturated carbocycles. The predicted molar refractivity (Wildman–Crippen MR) is 115 cm³/mol. The van der Waals surface area contributed by atoms with Crippen LogP contribution >= 0.6 is 0 Å². The summed E-state index contributed by atoms with van der Waals surface area (Å²) in [6.07, 6.45) is 3.48.